The van der Waals surface area contributed by atoms with Gasteiger partial charge in [-0.25, -0.2) is 4.79 Å². The summed E-state index contributed by atoms with van der Waals surface area (Å²) in [5.41, 5.74) is 3.52. The minimum Gasteiger partial charge on any atom is -0.338 e. The highest BCUT2D eigenvalue weighted by molar-refractivity contribution is 7.09. The summed E-state index contributed by atoms with van der Waals surface area (Å²) in [6.07, 6.45) is 2.29. The van der Waals surface area contributed by atoms with Crippen LogP contribution in [0.1, 0.15) is 23.3 Å². The van der Waals surface area contributed by atoms with E-state index in [0.717, 1.165) is 44.6 Å². The molecule has 4 nitrogen and oxygen atoms in total. The fourth-order valence-electron chi connectivity index (χ4n) is 4.22. The summed E-state index contributed by atoms with van der Waals surface area (Å²) >= 11 is 1.83. The number of piperidine rings is 1. The molecule has 0 radical (unpaired) electrons. The number of amides is 2. The van der Waals surface area contributed by atoms with E-state index in [2.05, 4.69) is 58.1 Å². The first-order chi connectivity index (χ1) is 15.2. The van der Waals surface area contributed by atoms with Gasteiger partial charge in [-0.05, 0) is 60.0 Å². The number of likely N-dealkylation sites (tertiary alicyclic amines) is 1. The molecule has 2 heterocycles. The summed E-state index contributed by atoms with van der Waals surface area (Å²) in [5, 5.41) is 5.31. The number of benzene rings is 2. The summed E-state index contributed by atoms with van der Waals surface area (Å²) in [4.78, 5) is 18.5. The first-order valence-electron chi connectivity index (χ1n) is 11.1. The van der Waals surface area contributed by atoms with E-state index in [1.165, 1.54) is 16.0 Å². The largest absolute Gasteiger partial charge is 0.338 e. The molecule has 0 spiro atoms. The molecule has 0 unspecified atom stereocenters. The van der Waals surface area contributed by atoms with Crippen LogP contribution in [0.3, 0.4) is 0 Å². The van der Waals surface area contributed by atoms with Crippen molar-refractivity contribution < 1.29 is 4.79 Å². The van der Waals surface area contributed by atoms with Gasteiger partial charge in [-0.3, -0.25) is 4.90 Å². The van der Waals surface area contributed by atoms with Crippen LogP contribution >= 0.6 is 11.3 Å². The van der Waals surface area contributed by atoms with Gasteiger partial charge in [0.15, 0.2) is 0 Å². The van der Waals surface area contributed by atoms with Crippen molar-refractivity contribution in [2.45, 2.75) is 25.9 Å². The Balaban J connectivity index is 1.25. The van der Waals surface area contributed by atoms with Crippen molar-refractivity contribution in [1.82, 2.24) is 15.1 Å². The SMILES string of the molecule is CN(Cc1ccccc1-c1ccccc1)C(=O)NCC1CCN(Cc2cccs2)CC1. The van der Waals surface area contributed by atoms with Crippen molar-refractivity contribution in [3.05, 3.63) is 82.6 Å². The van der Waals surface area contributed by atoms with Crippen LogP contribution in [0, 0.1) is 5.92 Å². The van der Waals surface area contributed by atoms with Gasteiger partial charge in [0.2, 0.25) is 0 Å². The molecule has 4 rings (SSSR count). The van der Waals surface area contributed by atoms with Crippen LogP contribution in [0.15, 0.2) is 72.1 Å². The standard InChI is InChI=1S/C26H31N3OS/c1-28(19-23-10-5-6-12-25(23)22-8-3-2-4-9-22)26(30)27-18-21-13-15-29(16-14-21)20-24-11-7-17-31-24/h2-12,17,21H,13-16,18-20H2,1H3,(H,27,30). The maximum atomic E-state index is 12.7. The highest BCUT2D eigenvalue weighted by atomic mass is 32.1. The van der Waals surface area contributed by atoms with Gasteiger partial charge in [-0.1, -0.05) is 60.7 Å². The van der Waals surface area contributed by atoms with Crippen molar-refractivity contribution in [3.63, 3.8) is 0 Å². The van der Waals surface area contributed by atoms with Crippen LogP contribution in [-0.4, -0.2) is 42.5 Å². The minimum absolute atomic E-state index is 0.00359. The Bertz CT molecular complexity index is 950. The molecule has 2 aromatic carbocycles. The van der Waals surface area contributed by atoms with E-state index in [1.54, 1.807) is 4.90 Å². The smallest absolute Gasteiger partial charge is 0.317 e. The average molecular weight is 434 g/mol. The van der Waals surface area contributed by atoms with E-state index < -0.39 is 0 Å². The maximum absolute atomic E-state index is 12.7. The predicted molar refractivity (Wildman–Crippen MR) is 129 cm³/mol. The van der Waals surface area contributed by atoms with Crippen LogP contribution in [0.25, 0.3) is 11.1 Å². The van der Waals surface area contributed by atoms with Gasteiger partial charge in [0.05, 0.1) is 0 Å². The van der Waals surface area contributed by atoms with Gasteiger partial charge in [-0.15, -0.1) is 11.3 Å². The molecule has 0 bridgehead atoms. The number of urea groups is 1. The van der Waals surface area contributed by atoms with Crippen LogP contribution in [0.2, 0.25) is 0 Å². The third-order valence-corrected chi connectivity index (χ3v) is 6.93. The number of thiophene rings is 1. The monoisotopic (exact) mass is 433 g/mol. The zero-order valence-corrected chi connectivity index (χ0v) is 19.0. The molecule has 3 aromatic rings. The molecule has 0 aliphatic carbocycles. The molecule has 0 saturated carbocycles. The minimum atomic E-state index is 0.00359. The number of nitrogens with one attached hydrogen (secondary N) is 1. The second-order valence-corrected chi connectivity index (χ2v) is 9.40. The summed E-state index contributed by atoms with van der Waals surface area (Å²) in [6, 6.07) is 23.0. The Kier molecular flexibility index (Phi) is 7.39. The summed E-state index contributed by atoms with van der Waals surface area (Å²) in [5.74, 6) is 0.563. The highest BCUT2D eigenvalue weighted by Gasteiger charge is 2.21. The Morgan fingerprint density at radius 1 is 1.03 bits per heavy atom. The highest BCUT2D eigenvalue weighted by Crippen LogP contribution is 2.24. The molecule has 0 atom stereocenters. The number of nitrogens with zero attached hydrogens (tertiary/aromatic N) is 2. The lowest BCUT2D eigenvalue weighted by molar-refractivity contribution is 0.171. The summed E-state index contributed by atoms with van der Waals surface area (Å²) in [6.45, 7) is 4.63. The van der Waals surface area contributed by atoms with Crippen LogP contribution in [0.4, 0.5) is 4.79 Å². The van der Waals surface area contributed by atoms with Gasteiger partial charge in [0, 0.05) is 31.6 Å². The van der Waals surface area contributed by atoms with E-state index in [9.17, 15) is 4.79 Å². The van der Waals surface area contributed by atoms with E-state index >= 15 is 0 Å². The van der Waals surface area contributed by atoms with Gasteiger partial charge in [0.1, 0.15) is 0 Å². The molecule has 162 valence electrons. The van der Waals surface area contributed by atoms with Gasteiger partial charge < -0.3 is 10.2 Å². The topological polar surface area (TPSA) is 35.6 Å². The molecule has 1 aromatic heterocycles. The number of carbonyl (C=O) groups is 1. The molecular weight excluding hydrogens is 402 g/mol. The Hall–Kier alpha value is -2.63. The number of hydrogen-bond donors (Lipinski definition) is 1. The molecule has 1 fully saturated rings. The lowest BCUT2D eigenvalue weighted by Gasteiger charge is -2.32. The van der Waals surface area contributed by atoms with Crippen LogP contribution in [0.5, 0.6) is 0 Å². The summed E-state index contributed by atoms with van der Waals surface area (Å²) in [7, 11) is 1.88. The van der Waals surface area contributed by atoms with Gasteiger partial charge in [-0.2, -0.15) is 0 Å². The van der Waals surface area contributed by atoms with Gasteiger partial charge in [0.25, 0.3) is 0 Å². The van der Waals surface area contributed by atoms with E-state index in [-0.39, 0.29) is 6.03 Å². The molecule has 31 heavy (non-hydrogen) atoms. The van der Waals surface area contributed by atoms with Crippen molar-refractivity contribution in [2.75, 3.05) is 26.7 Å². The third kappa shape index (κ3) is 5.96. The molecule has 1 saturated heterocycles. The fourth-order valence-corrected chi connectivity index (χ4v) is 4.97. The summed E-state index contributed by atoms with van der Waals surface area (Å²) < 4.78 is 0. The third-order valence-electron chi connectivity index (χ3n) is 6.07. The van der Waals surface area contributed by atoms with Crippen molar-refractivity contribution in [2.24, 2.45) is 5.92 Å². The normalized spacial score (nSPS) is 15.0. The number of hydrogen-bond acceptors (Lipinski definition) is 3. The molecule has 1 aliphatic rings. The maximum Gasteiger partial charge on any atom is 0.317 e. The van der Waals surface area contributed by atoms with Crippen molar-refractivity contribution in [1.29, 1.82) is 0 Å². The van der Waals surface area contributed by atoms with Crippen LogP contribution in [-0.2, 0) is 13.1 Å². The second-order valence-electron chi connectivity index (χ2n) is 8.36. The molecule has 2 amide bonds. The number of rotatable bonds is 7. The molecule has 1 N–H and O–H groups in total. The lowest BCUT2D eigenvalue weighted by atomic mass is 9.97. The van der Waals surface area contributed by atoms with Gasteiger partial charge >= 0.3 is 6.03 Å². The first kappa shape index (κ1) is 21.6. The Labute approximate surface area is 189 Å². The zero-order valence-electron chi connectivity index (χ0n) is 18.2. The molecule has 5 heteroatoms. The lowest BCUT2D eigenvalue weighted by Crippen LogP contribution is -2.42. The van der Waals surface area contributed by atoms with Crippen molar-refractivity contribution >= 4 is 17.4 Å². The van der Waals surface area contributed by atoms with Crippen LogP contribution < -0.4 is 5.32 Å². The second kappa shape index (κ2) is 10.6. The average Bonchev–Trinajstić information content (AvgIpc) is 3.32. The zero-order chi connectivity index (χ0) is 21.5. The first-order valence-corrected chi connectivity index (χ1v) is 11.9. The van der Waals surface area contributed by atoms with E-state index in [4.69, 9.17) is 0 Å². The van der Waals surface area contributed by atoms with E-state index in [0.29, 0.717) is 12.5 Å². The Morgan fingerprint density at radius 2 is 1.77 bits per heavy atom. The van der Waals surface area contributed by atoms with E-state index in [1.807, 2.05) is 42.6 Å². The van der Waals surface area contributed by atoms with Crippen molar-refractivity contribution in [3.8, 4) is 11.1 Å². The molecular formula is C26H31N3OS. The Morgan fingerprint density at radius 3 is 2.52 bits per heavy atom. The quantitative estimate of drug-likeness (QED) is 0.536. The predicted octanol–water partition coefficient (Wildman–Crippen LogP) is 5.47. The fraction of sp³-hybridized carbons (Fsp3) is 0.346. The molecule has 1 aliphatic heterocycles. The number of carbonyl (C=O) groups excluding carboxylic acids is 1.